The summed E-state index contributed by atoms with van der Waals surface area (Å²) in [6.07, 6.45) is 0. The van der Waals surface area contributed by atoms with Crippen molar-refractivity contribution in [2.24, 2.45) is 12.2 Å². The molecule has 1 heterocycles. The monoisotopic (exact) mass is 394 g/mol. The van der Waals surface area contributed by atoms with Gasteiger partial charge in [-0.25, -0.2) is 4.79 Å². The second kappa shape index (κ2) is 8.51. The van der Waals surface area contributed by atoms with E-state index in [-0.39, 0.29) is 18.2 Å². The van der Waals surface area contributed by atoms with Gasteiger partial charge >= 0.3 is 5.69 Å². The van der Waals surface area contributed by atoms with E-state index in [0.717, 1.165) is 21.4 Å². The van der Waals surface area contributed by atoms with Gasteiger partial charge in [-0.1, -0.05) is 29.4 Å². The number of rotatable bonds is 6. The second-order valence-electron chi connectivity index (χ2n) is 6.58. The number of amides is 1. The van der Waals surface area contributed by atoms with E-state index < -0.39 is 0 Å². The Kier molecular flexibility index (Phi) is 5.87. The molecule has 29 heavy (non-hydrogen) atoms. The van der Waals surface area contributed by atoms with Gasteiger partial charge in [-0.05, 0) is 48.0 Å². The van der Waals surface area contributed by atoms with Gasteiger partial charge in [-0.3, -0.25) is 4.79 Å². The quantitative estimate of drug-likeness (QED) is 0.510. The number of aryl methyl sites for hydroxylation is 2. The minimum atomic E-state index is -0.341. The zero-order valence-electron chi connectivity index (χ0n) is 16.7. The molecule has 1 N–H and O–H groups in total. The van der Waals surface area contributed by atoms with Crippen molar-refractivity contribution in [1.82, 2.24) is 19.8 Å². The summed E-state index contributed by atoms with van der Waals surface area (Å²) in [6.45, 7) is 5.36. The van der Waals surface area contributed by atoms with Gasteiger partial charge in [0.25, 0.3) is 0 Å². The normalized spacial score (nSPS) is 11.4. The molecule has 0 fully saturated rings. The number of hydrogen-bond donors (Lipinski definition) is 1. The Bertz CT molecular complexity index is 1130. The van der Waals surface area contributed by atoms with E-state index >= 15 is 0 Å². The first-order valence-electron chi connectivity index (χ1n) is 8.99. The summed E-state index contributed by atoms with van der Waals surface area (Å²) in [5.41, 5.74) is 4.16. The zero-order chi connectivity index (χ0) is 21.0. The third kappa shape index (κ3) is 4.57. The number of carbonyl (C=O) groups is 1. The van der Waals surface area contributed by atoms with Crippen LogP contribution in [-0.2, 0) is 23.3 Å². The van der Waals surface area contributed by atoms with Crippen LogP contribution in [0.4, 0.5) is 5.69 Å². The maximum absolute atomic E-state index is 12.2. The maximum Gasteiger partial charge on any atom is 0.368 e. The van der Waals surface area contributed by atoms with Crippen molar-refractivity contribution < 1.29 is 9.63 Å². The molecule has 3 aromatic rings. The standard InChI is InChI=1S/C20H22N6O3/c1-13-7-5-10-19(26-20(28)25(4)23-24-26)18(13)12-29-22-14(2)16-8-6-9-17(11-16)21-15(3)27/h5-11H,12H2,1-4H3,(H,21,27)/b22-14-. The molecule has 0 atom stereocenters. The molecular formula is C20H22N6O3. The number of tetrazole rings is 1. The van der Waals surface area contributed by atoms with Crippen LogP contribution in [0.15, 0.2) is 52.4 Å². The third-order valence-electron chi connectivity index (χ3n) is 4.35. The Labute approximate surface area is 167 Å². The molecule has 9 heteroatoms. The van der Waals surface area contributed by atoms with Gasteiger partial charge in [-0.15, -0.1) is 0 Å². The van der Waals surface area contributed by atoms with Crippen molar-refractivity contribution in [2.75, 3.05) is 5.32 Å². The topological polar surface area (TPSA) is 103 Å². The average Bonchev–Trinajstić information content (AvgIpc) is 3.01. The van der Waals surface area contributed by atoms with E-state index in [9.17, 15) is 9.59 Å². The summed E-state index contributed by atoms with van der Waals surface area (Å²) in [5.74, 6) is -0.140. The first-order valence-corrected chi connectivity index (χ1v) is 8.99. The van der Waals surface area contributed by atoms with Gasteiger partial charge < -0.3 is 10.2 Å². The van der Waals surface area contributed by atoms with Crippen molar-refractivity contribution in [3.05, 3.63) is 69.6 Å². The van der Waals surface area contributed by atoms with Gasteiger partial charge in [-0.2, -0.15) is 9.36 Å². The summed E-state index contributed by atoms with van der Waals surface area (Å²) < 4.78 is 2.40. The highest BCUT2D eigenvalue weighted by Gasteiger charge is 2.13. The fraction of sp³-hybridized carbons (Fsp3) is 0.250. The molecule has 2 aromatic carbocycles. The van der Waals surface area contributed by atoms with E-state index in [1.165, 1.54) is 11.6 Å². The Morgan fingerprint density at radius 3 is 2.62 bits per heavy atom. The smallest absolute Gasteiger partial charge is 0.368 e. The van der Waals surface area contributed by atoms with Crippen LogP contribution < -0.4 is 11.0 Å². The largest absolute Gasteiger partial charge is 0.391 e. The van der Waals surface area contributed by atoms with Gasteiger partial charge in [0.2, 0.25) is 5.91 Å². The summed E-state index contributed by atoms with van der Waals surface area (Å²) in [6, 6.07) is 12.9. The average molecular weight is 394 g/mol. The lowest BCUT2D eigenvalue weighted by atomic mass is 10.1. The highest BCUT2D eigenvalue weighted by atomic mass is 16.6. The van der Waals surface area contributed by atoms with Gasteiger partial charge in [0, 0.05) is 30.8 Å². The molecule has 0 bridgehead atoms. The molecule has 0 aliphatic rings. The van der Waals surface area contributed by atoms with Crippen LogP contribution in [0.3, 0.4) is 0 Å². The molecule has 9 nitrogen and oxygen atoms in total. The molecule has 0 saturated heterocycles. The van der Waals surface area contributed by atoms with E-state index in [4.69, 9.17) is 4.84 Å². The molecule has 0 unspecified atom stereocenters. The first-order chi connectivity index (χ1) is 13.9. The highest BCUT2D eigenvalue weighted by Crippen LogP contribution is 2.18. The molecule has 0 aliphatic heterocycles. The Balaban J connectivity index is 1.81. The van der Waals surface area contributed by atoms with Crippen molar-refractivity contribution in [3.63, 3.8) is 0 Å². The van der Waals surface area contributed by atoms with Crippen LogP contribution >= 0.6 is 0 Å². The Morgan fingerprint density at radius 1 is 1.17 bits per heavy atom. The van der Waals surface area contributed by atoms with Gasteiger partial charge in [0.05, 0.1) is 11.4 Å². The lowest BCUT2D eigenvalue weighted by molar-refractivity contribution is -0.114. The zero-order valence-corrected chi connectivity index (χ0v) is 16.7. The Hall–Kier alpha value is -3.75. The number of carbonyl (C=O) groups excluding carboxylic acids is 1. The lowest BCUT2D eigenvalue weighted by Gasteiger charge is -2.11. The van der Waals surface area contributed by atoms with Crippen LogP contribution in [0.5, 0.6) is 0 Å². The highest BCUT2D eigenvalue weighted by molar-refractivity contribution is 6.00. The number of benzene rings is 2. The van der Waals surface area contributed by atoms with Gasteiger partial charge in [0.15, 0.2) is 0 Å². The van der Waals surface area contributed by atoms with Gasteiger partial charge in [0.1, 0.15) is 6.61 Å². The summed E-state index contributed by atoms with van der Waals surface area (Å²) in [5, 5.41) is 14.6. The number of aromatic nitrogens is 4. The number of nitrogens with zero attached hydrogens (tertiary/aromatic N) is 5. The first kappa shape index (κ1) is 20.0. The van der Waals surface area contributed by atoms with E-state index in [1.54, 1.807) is 19.2 Å². The van der Waals surface area contributed by atoms with Crippen molar-refractivity contribution in [3.8, 4) is 5.69 Å². The lowest BCUT2D eigenvalue weighted by Crippen LogP contribution is -2.23. The van der Waals surface area contributed by atoms with Crippen molar-refractivity contribution >= 4 is 17.3 Å². The van der Waals surface area contributed by atoms with E-state index in [0.29, 0.717) is 17.1 Å². The number of oxime groups is 1. The molecule has 0 radical (unpaired) electrons. The number of anilines is 1. The van der Waals surface area contributed by atoms with Crippen LogP contribution in [0.1, 0.15) is 30.5 Å². The van der Waals surface area contributed by atoms with Crippen LogP contribution in [0.2, 0.25) is 0 Å². The minimum Gasteiger partial charge on any atom is -0.391 e. The third-order valence-corrected chi connectivity index (χ3v) is 4.35. The molecule has 3 rings (SSSR count). The van der Waals surface area contributed by atoms with Crippen LogP contribution in [0.25, 0.3) is 5.69 Å². The van der Waals surface area contributed by atoms with Crippen LogP contribution in [-0.4, -0.2) is 31.4 Å². The van der Waals surface area contributed by atoms with Crippen LogP contribution in [0, 0.1) is 6.92 Å². The molecule has 1 amide bonds. The SMILES string of the molecule is CC(=O)Nc1cccc(/C(C)=N\OCc2c(C)cccc2-n2nnn(C)c2=O)c1. The number of hydrogen-bond acceptors (Lipinski definition) is 6. The fourth-order valence-electron chi connectivity index (χ4n) is 2.81. The number of nitrogens with one attached hydrogen (secondary N) is 1. The predicted molar refractivity (Wildman–Crippen MR) is 109 cm³/mol. The fourth-order valence-corrected chi connectivity index (χ4v) is 2.81. The maximum atomic E-state index is 12.2. The Morgan fingerprint density at radius 2 is 1.93 bits per heavy atom. The molecule has 0 saturated carbocycles. The van der Waals surface area contributed by atoms with Crippen molar-refractivity contribution in [1.29, 1.82) is 0 Å². The molecule has 1 aromatic heterocycles. The summed E-state index contributed by atoms with van der Waals surface area (Å²) in [7, 11) is 1.54. The van der Waals surface area contributed by atoms with E-state index in [1.807, 2.05) is 44.2 Å². The molecule has 0 spiro atoms. The molecule has 150 valence electrons. The minimum absolute atomic E-state index is 0.140. The second-order valence-corrected chi connectivity index (χ2v) is 6.58. The summed E-state index contributed by atoms with van der Waals surface area (Å²) in [4.78, 5) is 29.0. The van der Waals surface area contributed by atoms with Crippen molar-refractivity contribution in [2.45, 2.75) is 27.4 Å². The molecule has 0 aliphatic carbocycles. The summed E-state index contributed by atoms with van der Waals surface area (Å²) >= 11 is 0. The molecular weight excluding hydrogens is 372 g/mol. The predicted octanol–water partition coefficient (Wildman–Crippen LogP) is 2.17. The van der Waals surface area contributed by atoms with E-state index in [2.05, 4.69) is 20.9 Å².